The number of aryl methyl sites for hydroxylation is 1. The lowest BCUT2D eigenvalue weighted by molar-refractivity contribution is 0.467. The molecule has 1 fully saturated rings. The largest absolute Gasteiger partial charge is 0.357 e. The lowest BCUT2D eigenvalue weighted by Gasteiger charge is -2.21. The standard InChI is InChI=1S/C15H26N4S.HI/c1-6-16-14(17-8-12-7-15(12,3)4)19(5)9-13-10-20-11(2)18-13;/h10,12H,6-9H2,1-5H3,(H,16,17);1H. The Kier molecular flexibility index (Phi) is 6.90. The van der Waals surface area contributed by atoms with Crippen molar-refractivity contribution in [3.63, 3.8) is 0 Å². The van der Waals surface area contributed by atoms with Crippen LogP contribution in [-0.4, -0.2) is 36.0 Å². The van der Waals surface area contributed by atoms with Crippen LogP contribution in [0.1, 0.15) is 37.9 Å². The van der Waals surface area contributed by atoms with Crippen LogP contribution in [0.3, 0.4) is 0 Å². The molecule has 1 atom stereocenters. The van der Waals surface area contributed by atoms with Gasteiger partial charge >= 0.3 is 0 Å². The molecule has 2 rings (SSSR count). The van der Waals surface area contributed by atoms with Crippen molar-refractivity contribution < 1.29 is 0 Å². The van der Waals surface area contributed by atoms with Gasteiger partial charge in [-0.15, -0.1) is 35.3 Å². The summed E-state index contributed by atoms with van der Waals surface area (Å²) in [7, 11) is 2.08. The van der Waals surface area contributed by atoms with Gasteiger partial charge in [-0.2, -0.15) is 0 Å². The number of halogens is 1. The van der Waals surface area contributed by atoms with Crippen molar-refractivity contribution in [1.82, 2.24) is 15.2 Å². The minimum Gasteiger partial charge on any atom is -0.357 e. The van der Waals surface area contributed by atoms with E-state index < -0.39 is 0 Å². The lowest BCUT2D eigenvalue weighted by Crippen LogP contribution is -2.38. The van der Waals surface area contributed by atoms with Crippen molar-refractivity contribution in [3.05, 3.63) is 16.1 Å². The number of hydrogen-bond donors (Lipinski definition) is 1. The fraction of sp³-hybridized carbons (Fsp3) is 0.733. The summed E-state index contributed by atoms with van der Waals surface area (Å²) in [5, 5.41) is 6.62. The molecule has 0 bridgehead atoms. The van der Waals surface area contributed by atoms with Crippen LogP contribution in [0.5, 0.6) is 0 Å². The predicted octanol–water partition coefficient (Wildman–Crippen LogP) is 3.51. The smallest absolute Gasteiger partial charge is 0.194 e. The van der Waals surface area contributed by atoms with Crippen LogP contribution in [0.2, 0.25) is 0 Å². The third-order valence-electron chi connectivity index (χ3n) is 3.94. The van der Waals surface area contributed by atoms with Crippen molar-refractivity contribution in [2.24, 2.45) is 16.3 Å². The summed E-state index contributed by atoms with van der Waals surface area (Å²) in [6.07, 6.45) is 1.30. The van der Waals surface area contributed by atoms with Crippen LogP contribution >= 0.6 is 35.3 Å². The van der Waals surface area contributed by atoms with Crippen LogP contribution in [0.4, 0.5) is 0 Å². The lowest BCUT2D eigenvalue weighted by atomic mass is 10.1. The van der Waals surface area contributed by atoms with Crippen LogP contribution in [0.25, 0.3) is 0 Å². The van der Waals surface area contributed by atoms with Crippen molar-refractivity contribution >= 4 is 41.3 Å². The third-order valence-corrected chi connectivity index (χ3v) is 4.76. The molecule has 1 aliphatic rings. The SMILES string of the molecule is CCNC(=NCC1CC1(C)C)N(C)Cc1csc(C)n1.I. The number of thiazole rings is 1. The van der Waals surface area contributed by atoms with E-state index in [2.05, 4.69) is 48.4 Å². The fourth-order valence-corrected chi connectivity index (χ4v) is 2.96. The van der Waals surface area contributed by atoms with E-state index in [1.54, 1.807) is 11.3 Å². The first-order valence-electron chi connectivity index (χ1n) is 7.33. The molecule has 1 N–H and O–H groups in total. The molecule has 0 aromatic carbocycles. The van der Waals surface area contributed by atoms with Crippen LogP contribution < -0.4 is 5.32 Å². The molecule has 21 heavy (non-hydrogen) atoms. The Morgan fingerprint density at radius 1 is 1.57 bits per heavy atom. The van der Waals surface area contributed by atoms with E-state index in [0.717, 1.165) is 42.2 Å². The monoisotopic (exact) mass is 422 g/mol. The summed E-state index contributed by atoms with van der Waals surface area (Å²) in [5.41, 5.74) is 1.61. The van der Waals surface area contributed by atoms with Gasteiger partial charge in [-0.3, -0.25) is 4.99 Å². The molecule has 120 valence electrons. The zero-order valence-corrected chi connectivity index (χ0v) is 16.8. The molecular weight excluding hydrogens is 395 g/mol. The number of nitrogens with zero attached hydrogens (tertiary/aromatic N) is 3. The number of rotatable bonds is 5. The van der Waals surface area contributed by atoms with Gasteiger partial charge in [0.1, 0.15) is 0 Å². The fourth-order valence-electron chi connectivity index (χ4n) is 2.35. The quantitative estimate of drug-likeness (QED) is 0.449. The first-order valence-corrected chi connectivity index (χ1v) is 8.21. The predicted molar refractivity (Wildman–Crippen MR) is 102 cm³/mol. The molecule has 6 heteroatoms. The second-order valence-corrected chi connectivity index (χ2v) is 7.36. The van der Waals surface area contributed by atoms with E-state index in [1.165, 1.54) is 6.42 Å². The molecule has 0 amide bonds. The first kappa shape index (κ1) is 18.7. The molecule has 1 aromatic heterocycles. The maximum absolute atomic E-state index is 4.78. The van der Waals surface area contributed by atoms with Crippen molar-refractivity contribution in [2.75, 3.05) is 20.1 Å². The highest BCUT2D eigenvalue weighted by Crippen LogP contribution is 2.51. The summed E-state index contributed by atoms with van der Waals surface area (Å²) in [5.74, 6) is 1.73. The number of guanidine groups is 1. The van der Waals surface area contributed by atoms with Crippen LogP contribution in [0.15, 0.2) is 10.4 Å². The second-order valence-electron chi connectivity index (χ2n) is 6.30. The van der Waals surface area contributed by atoms with Crippen molar-refractivity contribution in [1.29, 1.82) is 0 Å². The van der Waals surface area contributed by atoms with Crippen molar-refractivity contribution in [2.45, 2.75) is 40.7 Å². The van der Waals surface area contributed by atoms with Gasteiger partial charge in [0.05, 0.1) is 17.2 Å². The Bertz CT molecular complexity index is 484. The summed E-state index contributed by atoms with van der Waals surface area (Å²) in [4.78, 5) is 11.5. The van der Waals surface area contributed by atoms with Gasteiger partial charge in [0, 0.05) is 25.5 Å². The van der Waals surface area contributed by atoms with E-state index in [1.807, 2.05) is 6.92 Å². The normalized spacial score (nSPS) is 19.9. The van der Waals surface area contributed by atoms with Gasteiger partial charge in [0.2, 0.25) is 0 Å². The molecule has 1 aromatic rings. The van der Waals surface area contributed by atoms with Crippen molar-refractivity contribution in [3.8, 4) is 0 Å². The maximum atomic E-state index is 4.78. The summed E-state index contributed by atoms with van der Waals surface area (Å²) in [6, 6.07) is 0. The molecule has 0 radical (unpaired) electrons. The minimum atomic E-state index is 0. The Morgan fingerprint density at radius 2 is 2.24 bits per heavy atom. The Morgan fingerprint density at radius 3 is 2.71 bits per heavy atom. The molecule has 4 nitrogen and oxygen atoms in total. The van der Waals surface area contributed by atoms with E-state index in [9.17, 15) is 0 Å². The maximum Gasteiger partial charge on any atom is 0.194 e. The van der Waals surface area contributed by atoms with E-state index in [-0.39, 0.29) is 24.0 Å². The van der Waals surface area contributed by atoms with Crippen LogP contribution in [0, 0.1) is 18.3 Å². The zero-order chi connectivity index (χ0) is 14.8. The van der Waals surface area contributed by atoms with Crippen LogP contribution in [-0.2, 0) is 6.54 Å². The number of hydrogen-bond acceptors (Lipinski definition) is 3. The minimum absolute atomic E-state index is 0. The van der Waals surface area contributed by atoms with Gasteiger partial charge in [0.25, 0.3) is 0 Å². The number of aliphatic imine (C=N–C) groups is 1. The highest BCUT2D eigenvalue weighted by atomic mass is 127. The summed E-state index contributed by atoms with van der Waals surface area (Å²) >= 11 is 1.70. The molecule has 1 unspecified atom stereocenters. The number of aromatic nitrogens is 1. The molecule has 1 heterocycles. The Labute approximate surface area is 149 Å². The van der Waals surface area contributed by atoms with E-state index in [0.29, 0.717) is 5.41 Å². The van der Waals surface area contributed by atoms with Gasteiger partial charge in [-0.1, -0.05) is 13.8 Å². The van der Waals surface area contributed by atoms with E-state index in [4.69, 9.17) is 4.99 Å². The van der Waals surface area contributed by atoms with Gasteiger partial charge in [0.15, 0.2) is 5.96 Å². The average Bonchev–Trinajstić information content (AvgIpc) is 2.77. The van der Waals surface area contributed by atoms with Gasteiger partial charge in [-0.25, -0.2) is 4.98 Å². The molecule has 0 aliphatic heterocycles. The van der Waals surface area contributed by atoms with E-state index >= 15 is 0 Å². The number of nitrogens with one attached hydrogen (secondary N) is 1. The molecule has 0 saturated heterocycles. The summed E-state index contributed by atoms with van der Waals surface area (Å²) < 4.78 is 0. The third kappa shape index (κ3) is 5.39. The highest BCUT2D eigenvalue weighted by molar-refractivity contribution is 14.0. The molecule has 1 saturated carbocycles. The molecule has 0 spiro atoms. The molecular formula is C15H27IN4S. The first-order chi connectivity index (χ1) is 9.42. The summed E-state index contributed by atoms with van der Waals surface area (Å²) in [6.45, 7) is 11.4. The van der Waals surface area contributed by atoms with Gasteiger partial charge < -0.3 is 10.2 Å². The second kappa shape index (κ2) is 7.76. The highest BCUT2D eigenvalue weighted by Gasteiger charge is 2.45. The van der Waals surface area contributed by atoms with Gasteiger partial charge in [-0.05, 0) is 31.6 Å². The topological polar surface area (TPSA) is 40.5 Å². The Balaban J connectivity index is 0.00000220. The molecule has 1 aliphatic carbocycles. The Hall–Kier alpha value is -0.370. The average molecular weight is 422 g/mol. The zero-order valence-electron chi connectivity index (χ0n) is 13.6.